The second-order valence-corrected chi connectivity index (χ2v) is 1.55. The third-order valence-electron chi connectivity index (χ3n) is 0.815. The lowest BCUT2D eigenvalue weighted by Gasteiger charge is -2.00. The summed E-state index contributed by atoms with van der Waals surface area (Å²) in [4.78, 5) is 3.78. The van der Waals surface area contributed by atoms with E-state index >= 15 is 0 Å². The van der Waals surface area contributed by atoms with Crippen LogP contribution in [0.2, 0.25) is 0 Å². The molecule has 9 heavy (non-hydrogen) atoms. The summed E-state index contributed by atoms with van der Waals surface area (Å²) in [7, 11) is 1.85. The van der Waals surface area contributed by atoms with E-state index in [4.69, 9.17) is 9.99 Å². The van der Waals surface area contributed by atoms with Gasteiger partial charge >= 0.3 is 0 Å². The molecule has 0 aliphatic rings. The van der Waals surface area contributed by atoms with Crippen LogP contribution in [0.25, 0.3) is 0 Å². The summed E-state index contributed by atoms with van der Waals surface area (Å²) >= 11 is 0. The number of nitrogens with one attached hydrogen (secondary N) is 1. The monoisotopic (exact) mass is 135 g/mol. The van der Waals surface area contributed by atoms with E-state index in [-0.39, 0.29) is 6.61 Å². The van der Waals surface area contributed by atoms with E-state index in [9.17, 15) is 0 Å². The lowest BCUT2D eigenvalue weighted by Crippen LogP contribution is -2.15. The van der Waals surface area contributed by atoms with E-state index in [2.05, 4.69) is 10.2 Å². The van der Waals surface area contributed by atoms with Gasteiger partial charge in [0.1, 0.15) is 6.61 Å². The average molecular weight is 135 g/mol. The topological polar surface area (TPSA) is 50.7 Å². The third kappa shape index (κ3) is 7.84. The first-order chi connectivity index (χ1) is 4.41. The molecule has 0 saturated heterocycles. The molecule has 0 unspecified atom stereocenters. The van der Waals surface area contributed by atoms with Gasteiger partial charge in [0, 0.05) is 6.54 Å². The maximum atomic E-state index is 7.83. The number of likely N-dealkylation sites (N-methyl/N-ethyl adjacent to an activating group) is 1. The average Bonchev–Trinajstić information content (AvgIpc) is 1.89. The van der Waals surface area contributed by atoms with Gasteiger partial charge in [0.05, 0.1) is 13.2 Å². The largest absolute Gasteiger partial charge is 0.378 e. The van der Waals surface area contributed by atoms with Crippen LogP contribution < -0.4 is 5.32 Å². The normalized spacial score (nSPS) is 10.0. The van der Waals surface area contributed by atoms with Crippen molar-refractivity contribution >= 4 is 0 Å². The second kappa shape index (κ2) is 7.84. The van der Waals surface area contributed by atoms with E-state index in [1.165, 1.54) is 0 Å². The molecule has 0 bridgehead atoms. The number of hydrogen-bond donors (Lipinski definition) is 2. The van der Waals surface area contributed by atoms with Crippen LogP contribution in [0.1, 0.15) is 0 Å². The minimum Gasteiger partial charge on any atom is -0.378 e. The quantitative estimate of drug-likeness (QED) is 0.298. The molecule has 0 aliphatic carbocycles. The first-order valence-electron chi connectivity index (χ1n) is 2.90. The summed E-state index contributed by atoms with van der Waals surface area (Å²) < 4.78 is 4.97. The van der Waals surface area contributed by atoms with Crippen LogP contribution in [-0.2, 0) is 9.62 Å². The zero-order valence-corrected chi connectivity index (χ0v) is 5.59. The molecule has 4 heteroatoms. The van der Waals surface area contributed by atoms with E-state index in [1.807, 2.05) is 7.05 Å². The molecule has 0 radical (unpaired) electrons. The molecule has 2 N–H and O–H groups in total. The molecule has 0 aromatic heterocycles. The fourth-order valence-corrected chi connectivity index (χ4v) is 0.372. The van der Waals surface area contributed by atoms with Gasteiger partial charge in [0.15, 0.2) is 0 Å². The fraction of sp³-hybridized carbons (Fsp3) is 1.00. The van der Waals surface area contributed by atoms with Gasteiger partial charge in [-0.15, -0.1) is 0 Å². The molecule has 4 nitrogen and oxygen atoms in total. The molecule has 56 valence electrons. The summed E-state index contributed by atoms with van der Waals surface area (Å²) in [6, 6.07) is 0. The summed E-state index contributed by atoms with van der Waals surface area (Å²) in [6.07, 6.45) is 0. The Morgan fingerprint density at radius 1 is 1.33 bits per heavy atom. The van der Waals surface area contributed by atoms with Gasteiger partial charge in [0.25, 0.3) is 0 Å². The SMILES string of the molecule is CNCCOCCOO. The van der Waals surface area contributed by atoms with Gasteiger partial charge in [-0.25, -0.2) is 4.89 Å². The Bertz CT molecular complexity index is 45.5. The van der Waals surface area contributed by atoms with Crippen LogP contribution in [0.4, 0.5) is 0 Å². The van der Waals surface area contributed by atoms with Crippen molar-refractivity contribution in [3.8, 4) is 0 Å². The molecule has 0 fully saturated rings. The Morgan fingerprint density at radius 3 is 2.67 bits per heavy atom. The van der Waals surface area contributed by atoms with Crippen molar-refractivity contribution in [2.24, 2.45) is 0 Å². The number of hydrogen-bond acceptors (Lipinski definition) is 4. The van der Waals surface area contributed by atoms with Crippen molar-refractivity contribution in [3.05, 3.63) is 0 Å². The van der Waals surface area contributed by atoms with Gasteiger partial charge in [-0.05, 0) is 7.05 Å². The highest BCUT2D eigenvalue weighted by atomic mass is 17.1. The van der Waals surface area contributed by atoms with Crippen molar-refractivity contribution in [2.45, 2.75) is 0 Å². The summed E-state index contributed by atoms with van der Waals surface area (Å²) in [6.45, 7) is 2.16. The maximum absolute atomic E-state index is 7.83. The Balaban J connectivity index is 2.60. The van der Waals surface area contributed by atoms with Crippen molar-refractivity contribution < 1.29 is 14.9 Å². The fourth-order valence-electron chi connectivity index (χ4n) is 0.372. The highest BCUT2D eigenvalue weighted by Gasteiger charge is 1.84. The molecule has 0 amide bonds. The number of ether oxygens (including phenoxy) is 1. The lowest BCUT2D eigenvalue weighted by atomic mass is 10.7. The Labute approximate surface area is 54.7 Å². The van der Waals surface area contributed by atoms with Crippen molar-refractivity contribution in [1.29, 1.82) is 0 Å². The molecule has 0 aromatic rings. The standard InChI is InChI=1S/C5H13NO3/c1-6-2-3-8-4-5-9-7/h6-7H,2-5H2,1H3. The molecular formula is C5H13NO3. The highest BCUT2D eigenvalue weighted by Crippen LogP contribution is 1.72. The van der Waals surface area contributed by atoms with E-state index in [0.29, 0.717) is 13.2 Å². The van der Waals surface area contributed by atoms with Gasteiger partial charge in [0.2, 0.25) is 0 Å². The maximum Gasteiger partial charge on any atom is 0.105 e. The molecular weight excluding hydrogens is 122 g/mol. The van der Waals surface area contributed by atoms with Crippen LogP contribution in [0.3, 0.4) is 0 Å². The predicted octanol–water partition coefficient (Wildman–Crippen LogP) is -0.288. The van der Waals surface area contributed by atoms with Gasteiger partial charge in [-0.1, -0.05) is 0 Å². The van der Waals surface area contributed by atoms with Crippen LogP contribution in [-0.4, -0.2) is 38.7 Å². The van der Waals surface area contributed by atoms with Gasteiger partial charge in [-0.3, -0.25) is 5.26 Å². The summed E-state index contributed by atoms with van der Waals surface area (Å²) in [5.41, 5.74) is 0. The zero-order chi connectivity index (χ0) is 6.95. The molecule has 0 saturated carbocycles. The Hall–Kier alpha value is -0.160. The van der Waals surface area contributed by atoms with Crippen molar-refractivity contribution in [1.82, 2.24) is 5.32 Å². The molecule has 0 heterocycles. The molecule has 0 spiro atoms. The minimum absolute atomic E-state index is 0.240. The Kier molecular flexibility index (Phi) is 7.70. The summed E-state index contributed by atoms with van der Waals surface area (Å²) in [5.74, 6) is 0. The van der Waals surface area contributed by atoms with Crippen LogP contribution in [0.15, 0.2) is 0 Å². The third-order valence-corrected chi connectivity index (χ3v) is 0.815. The van der Waals surface area contributed by atoms with Crippen molar-refractivity contribution in [2.75, 3.05) is 33.4 Å². The zero-order valence-electron chi connectivity index (χ0n) is 5.59. The van der Waals surface area contributed by atoms with E-state index in [1.54, 1.807) is 0 Å². The first-order valence-corrected chi connectivity index (χ1v) is 2.90. The Morgan fingerprint density at radius 2 is 2.11 bits per heavy atom. The predicted molar refractivity (Wildman–Crippen MR) is 33.3 cm³/mol. The summed E-state index contributed by atoms with van der Waals surface area (Å²) in [5, 5.41) is 10.7. The minimum atomic E-state index is 0.240. The van der Waals surface area contributed by atoms with Crippen LogP contribution >= 0.6 is 0 Å². The first kappa shape index (κ1) is 8.84. The van der Waals surface area contributed by atoms with Gasteiger partial charge in [-0.2, -0.15) is 0 Å². The van der Waals surface area contributed by atoms with Crippen molar-refractivity contribution in [3.63, 3.8) is 0 Å². The van der Waals surface area contributed by atoms with E-state index in [0.717, 1.165) is 6.54 Å². The smallest absolute Gasteiger partial charge is 0.105 e. The highest BCUT2D eigenvalue weighted by molar-refractivity contribution is 4.34. The van der Waals surface area contributed by atoms with E-state index < -0.39 is 0 Å². The molecule has 0 aliphatic heterocycles. The number of rotatable bonds is 6. The lowest BCUT2D eigenvalue weighted by molar-refractivity contribution is -0.249. The second-order valence-electron chi connectivity index (χ2n) is 1.55. The molecule has 0 rings (SSSR count). The van der Waals surface area contributed by atoms with Gasteiger partial charge < -0.3 is 10.1 Å². The van der Waals surface area contributed by atoms with Crippen LogP contribution in [0, 0.1) is 0 Å². The van der Waals surface area contributed by atoms with Crippen LogP contribution in [0.5, 0.6) is 0 Å². The molecule has 0 atom stereocenters. The molecule has 0 aromatic carbocycles.